The van der Waals surface area contributed by atoms with E-state index in [1.807, 2.05) is 0 Å². The van der Waals surface area contributed by atoms with Crippen molar-refractivity contribution in [2.24, 2.45) is 0 Å². The van der Waals surface area contributed by atoms with Gasteiger partial charge in [0.2, 0.25) is 5.95 Å². The summed E-state index contributed by atoms with van der Waals surface area (Å²) < 4.78 is 4.72. The zero-order chi connectivity index (χ0) is 41.6. The van der Waals surface area contributed by atoms with E-state index in [1.165, 1.54) is 86.8 Å². The minimum Gasteiger partial charge on any atom is -0.309 e. The van der Waals surface area contributed by atoms with E-state index in [0.717, 1.165) is 39.2 Å². The summed E-state index contributed by atoms with van der Waals surface area (Å²) in [6.07, 6.45) is 0. The first-order chi connectivity index (χ1) is 31.0. The highest BCUT2D eigenvalue weighted by Crippen LogP contribution is 2.52. The molecule has 0 fully saturated rings. The number of para-hydroxylation sites is 2. The fourth-order valence-corrected chi connectivity index (χ4v) is 11.3. The van der Waals surface area contributed by atoms with Crippen LogP contribution in [-0.4, -0.2) is 19.1 Å². The van der Waals surface area contributed by atoms with E-state index in [2.05, 4.69) is 217 Å². The molecule has 4 heteroatoms. The molecule has 14 rings (SSSR count). The van der Waals surface area contributed by atoms with Gasteiger partial charge in [-0.2, -0.15) is 0 Å². The number of hydrogen-bond donors (Lipinski definition) is 0. The van der Waals surface area contributed by atoms with Gasteiger partial charge in [0.05, 0.1) is 33.5 Å². The second-order valence-electron chi connectivity index (χ2n) is 17.7. The summed E-state index contributed by atoms with van der Waals surface area (Å²) >= 11 is 0. The smallest absolute Gasteiger partial charge is 0.235 e. The number of fused-ring (bicyclic) bond motifs is 17. The van der Waals surface area contributed by atoms with Crippen LogP contribution in [0.3, 0.4) is 0 Å². The predicted molar refractivity (Wildman–Crippen MR) is 264 cm³/mol. The highest BCUT2D eigenvalue weighted by atomic mass is 15.2. The van der Waals surface area contributed by atoms with Gasteiger partial charge in [0.15, 0.2) is 0 Å². The van der Waals surface area contributed by atoms with Crippen LogP contribution in [0.1, 0.15) is 25.0 Å². The summed E-state index contributed by atoms with van der Waals surface area (Å²) in [5.41, 5.74) is 12.0. The Labute approximate surface area is 362 Å². The van der Waals surface area contributed by atoms with Crippen LogP contribution >= 0.6 is 0 Å². The molecule has 294 valence electrons. The molecule has 0 saturated carbocycles. The third-order valence-electron chi connectivity index (χ3n) is 14.0. The third-order valence-corrected chi connectivity index (χ3v) is 14.0. The number of hydrogen-bond acceptors (Lipinski definition) is 2. The first kappa shape index (κ1) is 34.6. The Hall–Kier alpha value is -8.08. The molecule has 0 amide bonds. The molecule has 0 bridgehead atoms. The maximum atomic E-state index is 5.81. The molecule has 13 aromatic rings. The second kappa shape index (κ2) is 12.5. The summed E-state index contributed by atoms with van der Waals surface area (Å²) in [6, 6.07) is 71.0. The van der Waals surface area contributed by atoms with Crippen molar-refractivity contribution in [1.82, 2.24) is 19.1 Å². The standard InChI is InChI=1S/C59H38N4/c1-59(2)48-26-14-12-25-45(48)57-55(59)56(37-28-30-50-46(33-37)42-23-13-15-27-49(42)62(50)38-18-4-3-5-19-38)60-58(61-57)63-51-31-29-44-41-22-9-8-20-39(41)40-21-10-11-24-43(40)53(44)54(51)47-32-35-16-6-7-17-36(35)34-52(47)63/h3-34H,1-2H3. The monoisotopic (exact) mass is 802 g/mol. The Morgan fingerprint density at radius 3 is 1.76 bits per heavy atom. The number of aromatic nitrogens is 4. The van der Waals surface area contributed by atoms with E-state index in [-0.39, 0.29) is 5.41 Å². The molecule has 0 saturated heterocycles. The van der Waals surface area contributed by atoms with Crippen molar-refractivity contribution in [3.63, 3.8) is 0 Å². The molecule has 0 aliphatic heterocycles. The Balaban J connectivity index is 1.13. The van der Waals surface area contributed by atoms with Crippen LogP contribution in [0.2, 0.25) is 0 Å². The van der Waals surface area contributed by atoms with Crippen LogP contribution in [0.25, 0.3) is 121 Å². The number of nitrogens with zero attached hydrogens (tertiary/aromatic N) is 4. The Bertz CT molecular complexity index is 4080. The van der Waals surface area contributed by atoms with Crippen molar-refractivity contribution in [3.05, 3.63) is 205 Å². The van der Waals surface area contributed by atoms with Gasteiger partial charge in [0.1, 0.15) is 0 Å². The zero-order valence-electron chi connectivity index (χ0n) is 34.8. The van der Waals surface area contributed by atoms with Gasteiger partial charge >= 0.3 is 0 Å². The predicted octanol–water partition coefficient (Wildman–Crippen LogP) is 15.3. The molecule has 0 atom stereocenters. The quantitative estimate of drug-likeness (QED) is 0.167. The third kappa shape index (κ3) is 4.64. The van der Waals surface area contributed by atoms with Crippen molar-refractivity contribution < 1.29 is 0 Å². The van der Waals surface area contributed by atoms with E-state index in [1.54, 1.807) is 0 Å². The molecule has 1 aliphatic carbocycles. The number of benzene rings is 10. The van der Waals surface area contributed by atoms with Gasteiger partial charge in [0, 0.05) is 54.7 Å². The van der Waals surface area contributed by atoms with E-state index in [9.17, 15) is 0 Å². The average Bonchev–Trinajstić information content (AvgIpc) is 3.93. The lowest BCUT2D eigenvalue weighted by Gasteiger charge is -2.24. The Kier molecular flexibility index (Phi) is 6.87. The Morgan fingerprint density at radius 2 is 0.968 bits per heavy atom. The SMILES string of the molecule is CC1(C)c2ccccc2-c2nc(-n3c4cc5ccccc5cc4c4c5c6ccccc6c6ccccc6c5ccc43)nc(-c3ccc4c(c3)c3ccccc3n4-c3ccccc3)c21. The molecule has 3 aromatic heterocycles. The summed E-state index contributed by atoms with van der Waals surface area (Å²) in [6.45, 7) is 4.66. The van der Waals surface area contributed by atoms with Crippen LogP contribution in [-0.2, 0) is 5.41 Å². The van der Waals surface area contributed by atoms with Crippen molar-refractivity contribution in [2.45, 2.75) is 19.3 Å². The summed E-state index contributed by atoms with van der Waals surface area (Å²) in [4.78, 5) is 11.5. The van der Waals surface area contributed by atoms with Crippen molar-refractivity contribution >= 4 is 86.7 Å². The van der Waals surface area contributed by atoms with Crippen LogP contribution in [0, 0.1) is 0 Å². The largest absolute Gasteiger partial charge is 0.309 e. The molecule has 0 spiro atoms. The highest BCUT2D eigenvalue weighted by Gasteiger charge is 2.40. The first-order valence-electron chi connectivity index (χ1n) is 21.8. The van der Waals surface area contributed by atoms with E-state index in [4.69, 9.17) is 9.97 Å². The second-order valence-corrected chi connectivity index (χ2v) is 17.7. The Morgan fingerprint density at radius 1 is 0.381 bits per heavy atom. The van der Waals surface area contributed by atoms with Crippen LogP contribution in [0.4, 0.5) is 0 Å². The summed E-state index contributed by atoms with van der Waals surface area (Å²) in [7, 11) is 0. The zero-order valence-corrected chi connectivity index (χ0v) is 34.8. The molecular weight excluding hydrogens is 765 g/mol. The molecule has 63 heavy (non-hydrogen) atoms. The molecule has 0 unspecified atom stereocenters. The first-order valence-corrected chi connectivity index (χ1v) is 21.8. The minimum absolute atomic E-state index is 0.333. The fraction of sp³-hybridized carbons (Fsp3) is 0.0508. The van der Waals surface area contributed by atoms with Gasteiger partial charge in [-0.25, -0.2) is 9.97 Å². The highest BCUT2D eigenvalue weighted by molar-refractivity contribution is 6.35. The van der Waals surface area contributed by atoms with Crippen LogP contribution in [0.5, 0.6) is 0 Å². The molecule has 0 radical (unpaired) electrons. The van der Waals surface area contributed by atoms with Gasteiger partial charge in [-0.15, -0.1) is 0 Å². The molecule has 10 aromatic carbocycles. The summed E-state index contributed by atoms with van der Waals surface area (Å²) in [5.74, 6) is 0.669. The topological polar surface area (TPSA) is 35.6 Å². The summed E-state index contributed by atoms with van der Waals surface area (Å²) in [5, 5.41) is 14.8. The van der Waals surface area contributed by atoms with Gasteiger partial charge < -0.3 is 4.57 Å². The van der Waals surface area contributed by atoms with Crippen LogP contribution < -0.4 is 0 Å². The van der Waals surface area contributed by atoms with Crippen molar-refractivity contribution in [2.75, 3.05) is 0 Å². The van der Waals surface area contributed by atoms with Crippen LogP contribution in [0.15, 0.2) is 194 Å². The number of rotatable bonds is 3. The van der Waals surface area contributed by atoms with Gasteiger partial charge in [-0.05, 0) is 91.8 Å². The normalized spacial score (nSPS) is 13.4. The lowest BCUT2D eigenvalue weighted by atomic mass is 9.81. The van der Waals surface area contributed by atoms with Gasteiger partial charge in [-0.1, -0.05) is 159 Å². The minimum atomic E-state index is -0.333. The van der Waals surface area contributed by atoms with Crippen molar-refractivity contribution in [3.8, 4) is 34.2 Å². The van der Waals surface area contributed by atoms with E-state index < -0.39 is 0 Å². The molecule has 1 aliphatic rings. The molecule has 0 N–H and O–H groups in total. The molecule has 4 nitrogen and oxygen atoms in total. The maximum Gasteiger partial charge on any atom is 0.235 e. The lowest BCUT2D eigenvalue weighted by molar-refractivity contribution is 0.657. The van der Waals surface area contributed by atoms with Gasteiger partial charge in [0.25, 0.3) is 0 Å². The molecule has 3 heterocycles. The maximum absolute atomic E-state index is 5.81. The van der Waals surface area contributed by atoms with E-state index in [0.29, 0.717) is 5.95 Å². The average molecular weight is 803 g/mol. The van der Waals surface area contributed by atoms with Gasteiger partial charge in [-0.3, -0.25) is 4.57 Å². The van der Waals surface area contributed by atoms with E-state index >= 15 is 0 Å². The fourth-order valence-electron chi connectivity index (χ4n) is 11.3. The molecular formula is C59H38N4. The van der Waals surface area contributed by atoms with Crippen molar-refractivity contribution in [1.29, 1.82) is 0 Å². The lowest BCUT2D eigenvalue weighted by Crippen LogP contribution is -2.18.